The number of esters is 1. The van der Waals surface area contributed by atoms with Gasteiger partial charge in [-0.05, 0) is 30.3 Å². The maximum atomic E-state index is 12.3. The van der Waals surface area contributed by atoms with Crippen molar-refractivity contribution in [1.29, 1.82) is 0 Å². The van der Waals surface area contributed by atoms with Crippen LogP contribution in [0.3, 0.4) is 0 Å². The zero-order valence-corrected chi connectivity index (χ0v) is 16.7. The van der Waals surface area contributed by atoms with Crippen molar-refractivity contribution in [3.63, 3.8) is 0 Å². The number of carboxylic acids is 1. The van der Waals surface area contributed by atoms with E-state index in [0.717, 1.165) is 16.7 Å². The first-order valence-corrected chi connectivity index (χ1v) is 9.35. The number of ether oxygens (including phenoxy) is 1. The van der Waals surface area contributed by atoms with Crippen LogP contribution in [0.25, 0.3) is 17.4 Å². The predicted octanol–water partition coefficient (Wildman–Crippen LogP) is 3.67. The van der Waals surface area contributed by atoms with Crippen molar-refractivity contribution in [2.75, 3.05) is 13.7 Å². The second kappa shape index (κ2) is 8.17. The highest BCUT2D eigenvalue weighted by atomic mass is 35.5. The number of hydrogen-bond donors (Lipinski definition) is 1. The SMILES string of the molecule is COC(=O)c1cc(-c2ccc(/C=C3/SC(=S)N(CC(=O)O)C3=O)o2)ccc1Cl. The molecule has 1 amide bonds. The minimum Gasteiger partial charge on any atom is -0.480 e. The van der Waals surface area contributed by atoms with Gasteiger partial charge in [-0.2, -0.15) is 0 Å². The zero-order valence-electron chi connectivity index (χ0n) is 14.3. The number of rotatable bonds is 5. The summed E-state index contributed by atoms with van der Waals surface area (Å²) < 4.78 is 10.6. The molecule has 1 aliphatic heterocycles. The first kappa shape index (κ1) is 20.1. The molecule has 1 saturated heterocycles. The minimum atomic E-state index is -1.15. The Morgan fingerprint density at radius 1 is 1.36 bits per heavy atom. The quantitative estimate of drug-likeness (QED) is 0.430. The largest absolute Gasteiger partial charge is 0.480 e. The van der Waals surface area contributed by atoms with Crippen LogP contribution in [0, 0.1) is 0 Å². The number of benzene rings is 1. The van der Waals surface area contributed by atoms with Gasteiger partial charge in [-0.3, -0.25) is 14.5 Å². The van der Waals surface area contributed by atoms with Gasteiger partial charge in [0.25, 0.3) is 5.91 Å². The molecule has 0 atom stereocenters. The highest BCUT2D eigenvalue weighted by molar-refractivity contribution is 8.26. The van der Waals surface area contributed by atoms with Crippen molar-refractivity contribution in [2.45, 2.75) is 0 Å². The lowest BCUT2D eigenvalue weighted by atomic mass is 10.1. The van der Waals surface area contributed by atoms with E-state index in [1.807, 2.05) is 0 Å². The van der Waals surface area contributed by atoms with Crippen LogP contribution in [0.15, 0.2) is 39.7 Å². The Kier molecular flexibility index (Phi) is 5.87. The summed E-state index contributed by atoms with van der Waals surface area (Å²) >= 11 is 12.1. The summed E-state index contributed by atoms with van der Waals surface area (Å²) in [6.45, 7) is -0.494. The molecule has 7 nitrogen and oxygen atoms in total. The van der Waals surface area contributed by atoms with Gasteiger partial charge in [-0.15, -0.1) is 0 Å². The number of methoxy groups -OCH3 is 1. The van der Waals surface area contributed by atoms with Gasteiger partial charge >= 0.3 is 11.9 Å². The topological polar surface area (TPSA) is 97.0 Å². The molecular weight excluding hydrogens is 426 g/mol. The standard InChI is InChI=1S/C18H12ClNO6S2/c1-25-17(24)11-6-9(2-4-12(11)19)13-5-3-10(26-13)7-14-16(23)20(8-15(21)22)18(27)28-14/h2-7H,8H2,1H3,(H,21,22)/b14-7+. The average molecular weight is 438 g/mol. The summed E-state index contributed by atoms with van der Waals surface area (Å²) in [6, 6.07) is 8.11. The Labute approximate surface area is 173 Å². The van der Waals surface area contributed by atoms with Crippen LogP contribution in [0.1, 0.15) is 16.1 Å². The number of hydrogen-bond acceptors (Lipinski definition) is 7. The maximum Gasteiger partial charge on any atom is 0.339 e. The molecule has 10 heteroatoms. The molecule has 0 radical (unpaired) electrons. The number of carboxylic acid groups (broad SMARTS) is 1. The van der Waals surface area contributed by atoms with E-state index in [4.69, 9.17) is 38.1 Å². The zero-order chi connectivity index (χ0) is 20.4. The summed E-state index contributed by atoms with van der Waals surface area (Å²) in [5.74, 6) is -1.38. The van der Waals surface area contributed by atoms with Gasteiger partial charge < -0.3 is 14.3 Å². The van der Waals surface area contributed by atoms with Crippen molar-refractivity contribution >= 4 is 63.8 Å². The predicted molar refractivity (Wildman–Crippen MR) is 108 cm³/mol. The number of aliphatic carboxylic acids is 1. The van der Waals surface area contributed by atoms with E-state index in [1.54, 1.807) is 30.3 Å². The first-order chi connectivity index (χ1) is 13.3. The third kappa shape index (κ3) is 4.11. The van der Waals surface area contributed by atoms with E-state index in [9.17, 15) is 14.4 Å². The maximum absolute atomic E-state index is 12.3. The molecule has 1 aromatic heterocycles. The Bertz CT molecular complexity index is 1030. The lowest BCUT2D eigenvalue weighted by Crippen LogP contribution is -2.33. The molecule has 2 aromatic rings. The fraction of sp³-hybridized carbons (Fsp3) is 0.111. The Balaban J connectivity index is 1.86. The molecule has 0 spiro atoms. The van der Waals surface area contributed by atoms with Gasteiger partial charge in [-0.25, -0.2) is 4.79 Å². The lowest BCUT2D eigenvalue weighted by molar-refractivity contribution is -0.140. The number of carbonyl (C=O) groups is 3. The van der Waals surface area contributed by atoms with Crippen molar-refractivity contribution < 1.29 is 28.6 Å². The molecule has 3 rings (SSSR count). The van der Waals surface area contributed by atoms with Gasteiger partial charge in [-0.1, -0.05) is 35.6 Å². The minimum absolute atomic E-state index is 0.172. The molecule has 1 N–H and O–H groups in total. The smallest absolute Gasteiger partial charge is 0.339 e. The van der Waals surface area contributed by atoms with Gasteiger partial charge in [0.1, 0.15) is 22.4 Å². The molecule has 28 heavy (non-hydrogen) atoms. The van der Waals surface area contributed by atoms with Crippen molar-refractivity contribution in [2.24, 2.45) is 0 Å². The number of halogens is 1. The fourth-order valence-corrected chi connectivity index (χ4v) is 3.86. The van der Waals surface area contributed by atoms with Crippen molar-refractivity contribution in [1.82, 2.24) is 4.90 Å². The second-order valence-electron chi connectivity index (χ2n) is 5.55. The second-order valence-corrected chi connectivity index (χ2v) is 7.63. The monoisotopic (exact) mass is 437 g/mol. The van der Waals surface area contributed by atoms with Crippen LogP contribution in [-0.2, 0) is 14.3 Å². The highest BCUT2D eigenvalue weighted by Crippen LogP contribution is 2.34. The molecule has 0 aliphatic carbocycles. The summed E-state index contributed by atoms with van der Waals surface area (Å²) in [6.07, 6.45) is 1.49. The van der Waals surface area contributed by atoms with Crippen LogP contribution in [0.2, 0.25) is 5.02 Å². The van der Waals surface area contributed by atoms with Gasteiger partial charge in [0.2, 0.25) is 0 Å². The molecule has 1 aromatic carbocycles. The molecule has 0 saturated carbocycles. The van der Waals surface area contributed by atoms with E-state index >= 15 is 0 Å². The molecular formula is C18H12ClNO6S2. The van der Waals surface area contributed by atoms with Crippen LogP contribution in [0.5, 0.6) is 0 Å². The van der Waals surface area contributed by atoms with E-state index in [0.29, 0.717) is 17.1 Å². The molecule has 0 bridgehead atoms. The van der Waals surface area contributed by atoms with E-state index in [1.165, 1.54) is 13.2 Å². The summed E-state index contributed by atoms with van der Waals surface area (Å²) in [5.41, 5.74) is 0.803. The number of carbonyl (C=O) groups excluding carboxylic acids is 2. The lowest BCUT2D eigenvalue weighted by Gasteiger charge is -2.09. The normalized spacial score (nSPS) is 15.4. The molecule has 144 valence electrons. The molecule has 2 heterocycles. The fourth-order valence-electron chi connectivity index (χ4n) is 2.43. The van der Waals surface area contributed by atoms with E-state index < -0.39 is 24.4 Å². The number of nitrogens with zero attached hydrogens (tertiary/aromatic N) is 1. The number of amides is 1. The van der Waals surface area contributed by atoms with Crippen molar-refractivity contribution in [3.8, 4) is 11.3 Å². The summed E-state index contributed by atoms with van der Waals surface area (Å²) in [7, 11) is 1.26. The third-order valence-electron chi connectivity index (χ3n) is 3.72. The van der Waals surface area contributed by atoms with E-state index in [2.05, 4.69) is 0 Å². The van der Waals surface area contributed by atoms with Crippen LogP contribution >= 0.6 is 35.6 Å². The van der Waals surface area contributed by atoms with Gasteiger partial charge in [0, 0.05) is 11.6 Å². The third-order valence-corrected chi connectivity index (χ3v) is 5.43. The van der Waals surface area contributed by atoms with Gasteiger partial charge in [0.05, 0.1) is 22.6 Å². The van der Waals surface area contributed by atoms with Crippen LogP contribution in [-0.4, -0.2) is 45.8 Å². The Morgan fingerprint density at radius 3 is 2.79 bits per heavy atom. The Hall–Kier alpha value is -2.62. The first-order valence-electron chi connectivity index (χ1n) is 7.75. The number of furan rings is 1. The summed E-state index contributed by atoms with van der Waals surface area (Å²) in [5, 5.41) is 9.12. The van der Waals surface area contributed by atoms with E-state index in [-0.39, 0.29) is 19.8 Å². The Morgan fingerprint density at radius 2 is 2.11 bits per heavy atom. The number of thioether (sulfide) groups is 1. The average Bonchev–Trinajstić information content (AvgIpc) is 3.22. The van der Waals surface area contributed by atoms with Crippen LogP contribution in [0.4, 0.5) is 0 Å². The van der Waals surface area contributed by atoms with Crippen molar-refractivity contribution in [3.05, 3.63) is 51.6 Å². The number of thiocarbonyl (C=S) groups is 1. The molecule has 0 unspecified atom stereocenters. The van der Waals surface area contributed by atoms with Crippen LogP contribution < -0.4 is 0 Å². The molecule has 1 aliphatic rings. The highest BCUT2D eigenvalue weighted by Gasteiger charge is 2.33. The van der Waals surface area contributed by atoms with Gasteiger partial charge in [0.15, 0.2) is 0 Å². The molecule has 1 fully saturated rings. The summed E-state index contributed by atoms with van der Waals surface area (Å²) in [4.78, 5) is 36.2.